The van der Waals surface area contributed by atoms with Crippen LogP contribution >= 0.6 is 0 Å². The van der Waals surface area contributed by atoms with Gasteiger partial charge in [-0.1, -0.05) is 18.2 Å². The van der Waals surface area contributed by atoms with E-state index in [0.717, 1.165) is 12.8 Å². The third kappa shape index (κ3) is 3.49. The van der Waals surface area contributed by atoms with Gasteiger partial charge in [0.2, 0.25) is 0 Å². The van der Waals surface area contributed by atoms with Crippen molar-refractivity contribution in [1.29, 1.82) is 0 Å². The molecule has 2 aromatic carbocycles. The van der Waals surface area contributed by atoms with Crippen LogP contribution in [-0.4, -0.2) is 27.8 Å². The highest BCUT2D eigenvalue weighted by molar-refractivity contribution is 5.91. The summed E-state index contributed by atoms with van der Waals surface area (Å²) in [5.74, 6) is -0.529. The summed E-state index contributed by atoms with van der Waals surface area (Å²) in [7, 11) is 5.12. The molecule has 8 nitrogen and oxygen atoms in total. The lowest BCUT2D eigenvalue weighted by molar-refractivity contribution is 0.631. The van der Waals surface area contributed by atoms with Crippen molar-refractivity contribution in [2.24, 2.45) is 7.05 Å². The van der Waals surface area contributed by atoms with Crippen LogP contribution in [0.2, 0.25) is 0 Å². The van der Waals surface area contributed by atoms with Crippen LogP contribution < -0.4 is 27.0 Å². The molecule has 34 heavy (non-hydrogen) atoms. The summed E-state index contributed by atoms with van der Waals surface area (Å²) in [6.07, 6.45) is 1.45. The molecule has 0 saturated heterocycles. The van der Waals surface area contributed by atoms with E-state index in [1.54, 1.807) is 55.4 Å². The first-order chi connectivity index (χ1) is 16.3. The van der Waals surface area contributed by atoms with Crippen LogP contribution in [0.1, 0.15) is 18.9 Å². The van der Waals surface area contributed by atoms with Gasteiger partial charge in [0.15, 0.2) is 0 Å². The number of benzene rings is 2. The standard InChI is InChI=1S/C25H24FN5O3/c1-28(2)17-11-12-19(18(26)13-17)27-20-14-21(32)29(3)23-22(20)24(33)31(16-9-10-16)25(34)30(23)15-7-5-4-6-8-15/h4-8,11-14,16,27H,9-10H2,1-3H3. The van der Waals surface area contributed by atoms with E-state index in [1.807, 2.05) is 6.07 Å². The number of hydrogen-bond acceptors (Lipinski definition) is 5. The van der Waals surface area contributed by atoms with Gasteiger partial charge in [0.05, 0.1) is 17.1 Å². The summed E-state index contributed by atoms with van der Waals surface area (Å²) in [4.78, 5) is 41.8. The molecule has 174 valence electrons. The largest absolute Gasteiger partial charge is 0.378 e. The van der Waals surface area contributed by atoms with E-state index in [0.29, 0.717) is 11.4 Å². The summed E-state index contributed by atoms with van der Waals surface area (Å²) < 4.78 is 18.8. The number of nitrogens with one attached hydrogen (secondary N) is 1. The number of hydrogen-bond donors (Lipinski definition) is 1. The highest BCUT2D eigenvalue weighted by Gasteiger charge is 2.31. The second kappa shape index (κ2) is 8.02. The molecular weight excluding hydrogens is 437 g/mol. The van der Waals surface area contributed by atoms with Crippen LogP contribution in [0.5, 0.6) is 0 Å². The highest BCUT2D eigenvalue weighted by Crippen LogP contribution is 2.33. The summed E-state index contributed by atoms with van der Waals surface area (Å²) in [5, 5.41) is 3.09. The van der Waals surface area contributed by atoms with Gasteiger partial charge in [-0.15, -0.1) is 0 Å². The van der Waals surface area contributed by atoms with Gasteiger partial charge in [0, 0.05) is 38.9 Å². The number of nitrogens with zero attached hydrogens (tertiary/aromatic N) is 4. The lowest BCUT2D eigenvalue weighted by Gasteiger charge is -2.19. The Kier molecular flexibility index (Phi) is 5.11. The number of rotatable bonds is 5. The Bertz CT molecular complexity index is 1600. The van der Waals surface area contributed by atoms with Crippen molar-refractivity contribution in [2.45, 2.75) is 18.9 Å². The zero-order chi connectivity index (χ0) is 24.1. The number of aryl methyl sites for hydroxylation is 1. The Labute approximate surface area is 194 Å². The Morgan fingerprint density at radius 1 is 0.971 bits per heavy atom. The quantitative estimate of drug-likeness (QED) is 0.494. The summed E-state index contributed by atoms with van der Waals surface area (Å²) in [6, 6.07) is 14.6. The molecule has 0 amide bonds. The SMILES string of the molecule is CN(C)c1ccc(Nc2cc(=O)n(C)c3c2c(=O)n(C2CC2)c(=O)n3-c2ccccc2)c(F)c1. The van der Waals surface area contributed by atoms with Crippen molar-refractivity contribution in [1.82, 2.24) is 13.7 Å². The molecule has 0 aliphatic heterocycles. The van der Waals surface area contributed by atoms with Crippen LogP contribution in [-0.2, 0) is 7.05 Å². The molecule has 1 saturated carbocycles. The Morgan fingerprint density at radius 2 is 1.68 bits per heavy atom. The molecular formula is C25H24FN5O3. The van der Waals surface area contributed by atoms with E-state index in [2.05, 4.69) is 5.32 Å². The van der Waals surface area contributed by atoms with Crippen LogP contribution in [0.4, 0.5) is 21.5 Å². The van der Waals surface area contributed by atoms with Gasteiger partial charge in [0.1, 0.15) is 16.9 Å². The van der Waals surface area contributed by atoms with Gasteiger partial charge in [-0.3, -0.25) is 18.7 Å². The van der Waals surface area contributed by atoms with Crippen LogP contribution in [0, 0.1) is 5.82 Å². The zero-order valence-electron chi connectivity index (χ0n) is 19.1. The second-order valence-electron chi connectivity index (χ2n) is 8.70. The van der Waals surface area contributed by atoms with Crippen molar-refractivity contribution in [2.75, 3.05) is 24.3 Å². The van der Waals surface area contributed by atoms with E-state index in [9.17, 15) is 18.8 Å². The molecule has 0 radical (unpaired) electrons. The first kappa shape index (κ1) is 21.7. The second-order valence-corrected chi connectivity index (χ2v) is 8.70. The zero-order valence-corrected chi connectivity index (χ0v) is 19.1. The van der Waals surface area contributed by atoms with E-state index >= 15 is 0 Å². The fourth-order valence-corrected chi connectivity index (χ4v) is 4.16. The fraction of sp³-hybridized carbons (Fsp3) is 0.240. The molecule has 1 aliphatic rings. The number of para-hydroxylation sites is 1. The Morgan fingerprint density at radius 3 is 2.29 bits per heavy atom. The average molecular weight is 461 g/mol. The molecule has 1 N–H and O–H groups in total. The van der Waals surface area contributed by atoms with E-state index in [-0.39, 0.29) is 28.5 Å². The lowest BCUT2D eigenvalue weighted by atomic mass is 10.2. The van der Waals surface area contributed by atoms with Gasteiger partial charge in [-0.05, 0) is 43.2 Å². The number of pyridine rings is 1. The fourth-order valence-electron chi connectivity index (χ4n) is 4.16. The maximum absolute atomic E-state index is 14.9. The van der Waals surface area contributed by atoms with E-state index in [1.165, 1.54) is 32.9 Å². The molecule has 2 aromatic heterocycles. The topological polar surface area (TPSA) is 81.3 Å². The summed E-state index contributed by atoms with van der Waals surface area (Å²) in [6.45, 7) is 0. The third-order valence-electron chi connectivity index (χ3n) is 6.12. The van der Waals surface area contributed by atoms with Crippen molar-refractivity contribution >= 4 is 28.1 Å². The molecule has 0 bridgehead atoms. The normalized spacial score (nSPS) is 13.3. The van der Waals surface area contributed by atoms with Crippen molar-refractivity contribution in [3.63, 3.8) is 0 Å². The maximum Gasteiger partial charge on any atom is 0.337 e. The average Bonchev–Trinajstić information content (AvgIpc) is 3.64. The number of aromatic nitrogens is 3. The van der Waals surface area contributed by atoms with Crippen LogP contribution in [0.25, 0.3) is 16.7 Å². The summed E-state index contributed by atoms with van der Waals surface area (Å²) in [5.41, 5.74) is 0.185. The minimum Gasteiger partial charge on any atom is -0.378 e. The predicted molar refractivity (Wildman–Crippen MR) is 131 cm³/mol. The van der Waals surface area contributed by atoms with Gasteiger partial charge in [-0.2, -0.15) is 0 Å². The van der Waals surface area contributed by atoms with Crippen molar-refractivity contribution in [3.05, 3.63) is 91.6 Å². The van der Waals surface area contributed by atoms with Crippen LogP contribution in [0.15, 0.2) is 69.0 Å². The lowest BCUT2D eigenvalue weighted by Crippen LogP contribution is -2.41. The van der Waals surface area contributed by atoms with Gasteiger partial charge >= 0.3 is 5.69 Å². The molecule has 2 heterocycles. The van der Waals surface area contributed by atoms with Crippen LogP contribution in [0.3, 0.4) is 0 Å². The van der Waals surface area contributed by atoms with Crippen molar-refractivity contribution < 1.29 is 4.39 Å². The van der Waals surface area contributed by atoms with E-state index in [4.69, 9.17) is 0 Å². The first-order valence-corrected chi connectivity index (χ1v) is 11.0. The molecule has 1 fully saturated rings. The molecule has 5 rings (SSSR count). The minimum atomic E-state index is -0.529. The molecule has 0 atom stereocenters. The van der Waals surface area contributed by atoms with Gasteiger partial charge in [0.25, 0.3) is 11.1 Å². The smallest absolute Gasteiger partial charge is 0.337 e. The van der Waals surface area contributed by atoms with E-state index < -0.39 is 22.6 Å². The first-order valence-electron chi connectivity index (χ1n) is 11.0. The predicted octanol–water partition coefficient (Wildman–Crippen LogP) is 3.13. The number of halogens is 1. The molecule has 0 unspecified atom stereocenters. The monoisotopic (exact) mass is 461 g/mol. The molecule has 1 aliphatic carbocycles. The highest BCUT2D eigenvalue weighted by atomic mass is 19.1. The third-order valence-corrected chi connectivity index (χ3v) is 6.12. The molecule has 4 aromatic rings. The Balaban J connectivity index is 1.84. The maximum atomic E-state index is 14.9. The minimum absolute atomic E-state index is 0.120. The number of anilines is 3. The van der Waals surface area contributed by atoms with Crippen molar-refractivity contribution in [3.8, 4) is 5.69 Å². The Hall–Kier alpha value is -4.14. The van der Waals surface area contributed by atoms with Gasteiger partial charge < -0.3 is 10.2 Å². The summed E-state index contributed by atoms with van der Waals surface area (Å²) >= 11 is 0. The van der Waals surface area contributed by atoms with Gasteiger partial charge in [-0.25, -0.2) is 13.8 Å². The number of fused-ring (bicyclic) bond motifs is 1. The molecule has 0 spiro atoms. The molecule has 9 heteroatoms.